The number of hydrogen-bond acceptors (Lipinski definition) is 3. The summed E-state index contributed by atoms with van der Waals surface area (Å²) in [6.45, 7) is 7.14. The molecule has 2 unspecified atom stereocenters. The van der Waals surface area contributed by atoms with Crippen molar-refractivity contribution in [1.82, 2.24) is 15.5 Å². The molecule has 0 spiro atoms. The molecular weight excluding hydrogens is 290 g/mol. The van der Waals surface area contributed by atoms with Gasteiger partial charge >= 0.3 is 6.03 Å². The monoisotopic (exact) mass is 321 g/mol. The molecule has 130 valence electrons. The van der Waals surface area contributed by atoms with Gasteiger partial charge in [0.2, 0.25) is 0 Å². The van der Waals surface area contributed by atoms with E-state index in [1.54, 1.807) is 0 Å². The van der Waals surface area contributed by atoms with Crippen molar-refractivity contribution >= 4 is 6.03 Å². The molecule has 0 bridgehead atoms. The number of carbonyl (C=O) groups excluding carboxylic acids is 1. The third kappa shape index (κ3) is 7.01. The van der Waals surface area contributed by atoms with Crippen LogP contribution in [0.15, 0.2) is 30.3 Å². The molecule has 0 saturated heterocycles. The molecule has 0 heterocycles. The summed E-state index contributed by atoms with van der Waals surface area (Å²) in [6, 6.07) is 8.91. The summed E-state index contributed by atoms with van der Waals surface area (Å²) in [5.41, 5.74) is 0.861. The first-order valence-electron chi connectivity index (χ1n) is 8.11. The second kappa shape index (κ2) is 8.89. The molecule has 1 aromatic rings. The van der Waals surface area contributed by atoms with Gasteiger partial charge in [0, 0.05) is 6.04 Å². The number of rotatable bonds is 7. The molecule has 0 radical (unpaired) electrons. The minimum Gasteiger partial charge on any atom is -0.394 e. The van der Waals surface area contributed by atoms with Crippen LogP contribution in [-0.2, 0) is 0 Å². The molecule has 0 aliphatic heterocycles. The molecule has 23 heavy (non-hydrogen) atoms. The van der Waals surface area contributed by atoms with Crippen LogP contribution in [-0.4, -0.2) is 49.3 Å². The summed E-state index contributed by atoms with van der Waals surface area (Å²) in [4.78, 5) is 14.5. The summed E-state index contributed by atoms with van der Waals surface area (Å²) in [5.74, 6) is 0. The number of nitrogens with zero attached hydrogens (tertiary/aromatic N) is 1. The lowest BCUT2D eigenvalue weighted by Crippen LogP contribution is -2.50. The molecule has 2 atom stereocenters. The molecule has 1 aromatic carbocycles. The van der Waals surface area contributed by atoms with E-state index < -0.39 is 6.04 Å². The van der Waals surface area contributed by atoms with Crippen molar-refractivity contribution in [3.05, 3.63) is 35.9 Å². The number of aliphatic hydroxyl groups excluding tert-OH is 1. The second-order valence-corrected chi connectivity index (χ2v) is 7.27. The molecule has 0 aromatic heterocycles. The molecule has 0 aliphatic carbocycles. The standard InChI is InChI=1S/C18H31N3O2/c1-18(2,3)16(11-12-21(4)5)20-17(23)19-15(13-22)14-9-7-6-8-10-14/h6-10,15-16,22H,11-13H2,1-5H3,(H2,19,20,23). The number of nitrogens with one attached hydrogen (secondary N) is 2. The first kappa shape index (κ1) is 19.5. The fraction of sp³-hybridized carbons (Fsp3) is 0.611. The zero-order chi connectivity index (χ0) is 17.5. The largest absolute Gasteiger partial charge is 0.394 e. The van der Waals surface area contributed by atoms with E-state index in [0.717, 1.165) is 18.5 Å². The van der Waals surface area contributed by atoms with Crippen molar-refractivity contribution in [1.29, 1.82) is 0 Å². The van der Waals surface area contributed by atoms with Crippen LogP contribution in [0.1, 0.15) is 38.8 Å². The van der Waals surface area contributed by atoms with E-state index in [4.69, 9.17) is 0 Å². The highest BCUT2D eigenvalue weighted by atomic mass is 16.3. The quantitative estimate of drug-likeness (QED) is 0.722. The minimum absolute atomic E-state index is 0.0329. The normalized spacial score (nSPS) is 14.4. The molecule has 0 fully saturated rings. The summed E-state index contributed by atoms with van der Waals surface area (Å²) in [6.07, 6.45) is 0.874. The Kier molecular flexibility index (Phi) is 7.52. The number of urea groups is 1. The Morgan fingerprint density at radius 3 is 2.26 bits per heavy atom. The summed E-state index contributed by atoms with van der Waals surface area (Å²) < 4.78 is 0. The van der Waals surface area contributed by atoms with Crippen LogP contribution in [0, 0.1) is 5.41 Å². The summed E-state index contributed by atoms with van der Waals surface area (Å²) in [7, 11) is 4.05. The van der Waals surface area contributed by atoms with Gasteiger partial charge < -0.3 is 20.6 Å². The van der Waals surface area contributed by atoms with Crippen molar-refractivity contribution in [3.63, 3.8) is 0 Å². The maximum atomic E-state index is 12.3. The molecule has 0 saturated carbocycles. The Balaban J connectivity index is 2.67. The Morgan fingerprint density at radius 2 is 1.78 bits per heavy atom. The predicted molar refractivity (Wildman–Crippen MR) is 94.4 cm³/mol. The average molecular weight is 321 g/mol. The van der Waals surface area contributed by atoms with Crippen molar-refractivity contribution in [3.8, 4) is 0 Å². The minimum atomic E-state index is -0.398. The van der Waals surface area contributed by atoms with E-state index in [0.29, 0.717) is 0 Å². The lowest BCUT2D eigenvalue weighted by molar-refractivity contribution is 0.194. The van der Waals surface area contributed by atoms with Crippen LogP contribution >= 0.6 is 0 Å². The van der Waals surface area contributed by atoms with Crippen LogP contribution in [0.5, 0.6) is 0 Å². The SMILES string of the molecule is CN(C)CCC(NC(=O)NC(CO)c1ccccc1)C(C)(C)C. The maximum absolute atomic E-state index is 12.3. The third-order valence-corrected chi connectivity index (χ3v) is 3.91. The van der Waals surface area contributed by atoms with Gasteiger partial charge in [-0.1, -0.05) is 51.1 Å². The first-order valence-corrected chi connectivity index (χ1v) is 8.11. The van der Waals surface area contributed by atoms with E-state index in [2.05, 4.69) is 36.3 Å². The van der Waals surface area contributed by atoms with Gasteiger partial charge in [0.25, 0.3) is 0 Å². The van der Waals surface area contributed by atoms with E-state index in [-0.39, 0.29) is 24.1 Å². The number of aliphatic hydroxyl groups is 1. The zero-order valence-corrected chi connectivity index (χ0v) is 15.0. The highest BCUT2D eigenvalue weighted by Gasteiger charge is 2.26. The Bertz CT molecular complexity index is 469. The van der Waals surface area contributed by atoms with E-state index in [9.17, 15) is 9.90 Å². The van der Waals surface area contributed by atoms with Crippen molar-refractivity contribution in [2.24, 2.45) is 5.41 Å². The maximum Gasteiger partial charge on any atom is 0.315 e. The first-order chi connectivity index (χ1) is 10.7. The van der Waals surface area contributed by atoms with Gasteiger partial charge in [-0.25, -0.2) is 4.79 Å². The molecule has 5 heteroatoms. The second-order valence-electron chi connectivity index (χ2n) is 7.27. The van der Waals surface area contributed by atoms with E-state index in [1.165, 1.54) is 0 Å². The molecule has 1 rings (SSSR count). The van der Waals surface area contributed by atoms with Crippen LogP contribution in [0.3, 0.4) is 0 Å². The topological polar surface area (TPSA) is 64.6 Å². The number of benzene rings is 1. The van der Waals surface area contributed by atoms with Gasteiger partial charge in [-0.15, -0.1) is 0 Å². The van der Waals surface area contributed by atoms with Gasteiger partial charge in [0.15, 0.2) is 0 Å². The van der Waals surface area contributed by atoms with Gasteiger partial charge in [0.1, 0.15) is 0 Å². The Labute approximate surface area is 140 Å². The van der Waals surface area contributed by atoms with E-state index >= 15 is 0 Å². The van der Waals surface area contributed by atoms with Crippen molar-refractivity contribution in [2.75, 3.05) is 27.2 Å². The van der Waals surface area contributed by atoms with Crippen molar-refractivity contribution in [2.45, 2.75) is 39.3 Å². The van der Waals surface area contributed by atoms with E-state index in [1.807, 2.05) is 44.4 Å². The highest BCUT2D eigenvalue weighted by molar-refractivity contribution is 5.74. The highest BCUT2D eigenvalue weighted by Crippen LogP contribution is 2.22. The van der Waals surface area contributed by atoms with Crippen LogP contribution in [0.4, 0.5) is 4.79 Å². The lowest BCUT2D eigenvalue weighted by Gasteiger charge is -2.33. The molecule has 0 aliphatic rings. The number of hydrogen-bond donors (Lipinski definition) is 3. The zero-order valence-electron chi connectivity index (χ0n) is 15.0. The van der Waals surface area contributed by atoms with Gasteiger partial charge in [-0.3, -0.25) is 0 Å². The average Bonchev–Trinajstić information content (AvgIpc) is 2.48. The fourth-order valence-corrected chi connectivity index (χ4v) is 2.39. The lowest BCUT2D eigenvalue weighted by atomic mass is 9.84. The number of carbonyl (C=O) groups is 1. The van der Waals surface area contributed by atoms with Crippen LogP contribution in [0.2, 0.25) is 0 Å². The van der Waals surface area contributed by atoms with Crippen LogP contribution < -0.4 is 10.6 Å². The Hall–Kier alpha value is -1.59. The van der Waals surface area contributed by atoms with Gasteiger partial charge in [-0.2, -0.15) is 0 Å². The number of amides is 2. The van der Waals surface area contributed by atoms with Crippen molar-refractivity contribution < 1.29 is 9.90 Å². The third-order valence-electron chi connectivity index (χ3n) is 3.91. The van der Waals surface area contributed by atoms with Crippen LogP contribution in [0.25, 0.3) is 0 Å². The molecule has 2 amide bonds. The fourth-order valence-electron chi connectivity index (χ4n) is 2.39. The Morgan fingerprint density at radius 1 is 1.17 bits per heavy atom. The molecule has 3 N–H and O–H groups in total. The van der Waals surface area contributed by atoms with Gasteiger partial charge in [0.05, 0.1) is 12.6 Å². The van der Waals surface area contributed by atoms with Gasteiger partial charge in [-0.05, 0) is 38.0 Å². The molecular formula is C18H31N3O2. The smallest absolute Gasteiger partial charge is 0.315 e. The molecule has 5 nitrogen and oxygen atoms in total. The summed E-state index contributed by atoms with van der Waals surface area (Å²) >= 11 is 0. The summed E-state index contributed by atoms with van der Waals surface area (Å²) in [5, 5.41) is 15.5. The predicted octanol–water partition coefficient (Wildman–Crippen LogP) is 2.39.